The molecule has 0 N–H and O–H groups in total. The zero-order valence-corrected chi connectivity index (χ0v) is 34.1. The van der Waals surface area contributed by atoms with Gasteiger partial charge in [-0.25, -0.2) is 0 Å². The van der Waals surface area contributed by atoms with Gasteiger partial charge in [0.25, 0.3) is 0 Å². The third-order valence-electron chi connectivity index (χ3n) is 7.91. The van der Waals surface area contributed by atoms with Gasteiger partial charge < -0.3 is 24.8 Å². The van der Waals surface area contributed by atoms with Crippen LogP contribution in [0.25, 0.3) is 43.8 Å². The van der Waals surface area contributed by atoms with E-state index in [1.54, 1.807) is 23.3 Å². The van der Waals surface area contributed by atoms with Crippen molar-refractivity contribution in [2.24, 2.45) is 0 Å². The summed E-state index contributed by atoms with van der Waals surface area (Å²) in [5.41, 5.74) is 12.5. The number of halogens is 2. The van der Waals surface area contributed by atoms with Crippen molar-refractivity contribution in [1.29, 1.82) is 0 Å². The van der Waals surface area contributed by atoms with Crippen molar-refractivity contribution in [3.63, 3.8) is 0 Å². The molecule has 46 heavy (non-hydrogen) atoms. The van der Waals surface area contributed by atoms with Crippen LogP contribution in [0.4, 0.5) is 0 Å². The molecule has 0 aliphatic rings. The molecule has 6 aromatic carbocycles. The third kappa shape index (κ3) is 10.4. The van der Waals surface area contributed by atoms with Gasteiger partial charge in [-0.15, -0.1) is 56.9 Å². The maximum absolute atomic E-state index is 2.35. The minimum atomic E-state index is 0. The Morgan fingerprint density at radius 1 is 0.630 bits per heavy atom. The molecular weight excluding hydrogens is 695 g/mol. The molecule has 0 atom stereocenters. The Morgan fingerprint density at radius 2 is 1.09 bits per heavy atom. The minimum absolute atomic E-state index is 0. The van der Waals surface area contributed by atoms with Crippen molar-refractivity contribution in [1.82, 2.24) is 0 Å². The molecule has 4 heteroatoms. The summed E-state index contributed by atoms with van der Waals surface area (Å²) in [5, 5.41) is 5.45. The first-order valence-electron chi connectivity index (χ1n) is 15.8. The molecule has 0 aliphatic carbocycles. The molecule has 0 saturated heterocycles. The maximum atomic E-state index is 2.35. The van der Waals surface area contributed by atoms with E-state index in [9.17, 15) is 0 Å². The Hall–Kier alpha value is -2.22. The van der Waals surface area contributed by atoms with Crippen LogP contribution in [0, 0.1) is 20.8 Å². The summed E-state index contributed by atoms with van der Waals surface area (Å²) in [7, 11) is 0. The third-order valence-corrected chi connectivity index (χ3v) is 7.91. The van der Waals surface area contributed by atoms with Gasteiger partial charge in [-0.05, 0) is 41.9 Å². The first kappa shape index (κ1) is 40.0. The Bertz CT molecular complexity index is 1860. The number of aryl methyl sites for hydroxylation is 3. The average molecular weight is 743 g/mol. The molecule has 0 spiro atoms. The van der Waals surface area contributed by atoms with E-state index in [0.717, 1.165) is 0 Å². The van der Waals surface area contributed by atoms with Crippen molar-refractivity contribution < 1.29 is 48.1 Å². The Balaban J connectivity index is 0.000000277. The Kier molecular flexibility index (Phi) is 15.0. The van der Waals surface area contributed by atoms with Crippen molar-refractivity contribution in [3.8, 4) is 22.3 Å². The molecule has 0 fully saturated rings. The van der Waals surface area contributed by atoms with E-state index in [1.807, 2.05) is 0 Å². The first-order valence-corrected chi connectivity index (χ1v) is 22.0. The van der Waals surface area contributed by atoms with Crippen LogP contribution in [0.3, 0.4) is 0 Å². The van der Waals surface area contributed by atoms with Crippen LogP contribution in [0.1, 0.15) is 68.4 Å². The SMILES string of the molecule is C[Si](C)=[Zr+2].Cc1cc(-c2ccc(C(C)(C)C)cc2)c2cc(C)[cH-]c2c1.Cc1cc(-c2ccccc2)c2cc(C(C)C)[cH-]c2c1.[Cl-].[Cl-]. The Morgan fingerprint density at radius 3 is 1.57 bits per heavy atom. The topological polar surface area (TPSA) is 0 Å². The summed E-state index contributed by atoms with van der Waals surface area (Å²) in [4.78, 5) is 0. The van der Waals surface area contributed by atoms with Crippen LogP contribution in [-0.2, 0) is 28.8 Å². The molecule has 0 amide bonds. The Labute approximate surface area is 306 Å². The number of benzene rings is 4. The van der Waals surface area contributed by atoms with E-state index >= 15 is 0 Å². The van der Waals surface area contributed by atoms with Gasteiger partial charge in [-0.1, -0.05) is 131 Å². The molecule has 0 radical (unpaired) electrons. The fraction of sp³-hybridized carbons (Fsp3) is 0.286. The van der Waals surface area contributed by atoms with Gasteiger partial charge in [0.1, 0.15) is 0 Å². The zero-order valence-electron chi connectivity index (χ0n) is 29.1. The van der Waals surface area contributed by atoms with E-state index in [2.05, 4.69) is 172 Å². The van der Waals surface area contributed by atoms with Crippen molar-refractivity contribution in [2.75, 3.05) is 0 Å². The second kappa shape index (κ2) is 17.3. The van der Waals surface area contributed by atoms with E-state index in [1.165, 1.54) is 71.6 Å². The fourth-order valence-electron chi connectivity index (χ4n) is 5.69. The predicted octanol–water partition coefficient (Wildman–Crippen LogP) is 6.59. The normalized spacial score (nSPS) is 10.8. The summed E-state index contributed by atoms with van der Waals surface area (Å²) < 4.78 is 0. The van der Waals surface area contributed by atoms with Gasteiger partial charge in [-0.3, -0.25) is 0 Å². The second-order valence-electron chi connectivity index (χ2n) is 13.8. The number of hydrogen-bond acceptors (Lipinski definition) is 0. The van der Waals surface area contributed by atoms with Crippen LogP contribution in [0.5, 0.6) is 0 Å². The molecule has 0 heterocycles. The standard InChI is InChI=1S/C21H23.C19H19.C2H6Si.2ClH.Zr/c1-14-10-17-11-15(2)13-20(17)19(12-14)16-6-8-18(9-7-16)21(3,4)5;1-13(2)16-11-17-9-14(3)10-18(19(17)12-16)15-7-5-4-6-8-15;1-3-2;;;/h6-13H,1-5H3;4-13H,1-3H3;1-2H3;2*1H;/q2*-1;;;;+2/p-2. The number of rotatable bonds is 3. The van der Waals surface area contributed by atoms with Crippen molar-refractivity contribution in [3.05, 3.63) is 131 Å². The van der Waals surface area contributed by atoms with Gasteiger partial charge in [0.15, 0.2) is 0 Å². The van der Waals surface area contributed by atoms with Crippen LogP contribution >= 0.6 is 0 Å². The summed E-state index contributed by atoms with van der Waals surface area (Å²) in [6, 6.07) is 38.1. The average Bonchev–Trinajstić information content (AvgIpc) is 3.55. The molecule has 0 aromatic heterocycles. The molecule has 0 nitrogen and oxygen atoms in total. The second-order valence-corrected chi connectivity index (χ2v) is 23.2. The summed E-state index contributed by atoms with van der Waals surface area (Å²) >= 11 is 1.74. The van der Waals surface area contributed by atoms with Crippen LogP contribution in [0.15, 0.2) is 103 Å². The fourth-order valence-corrected chi connectivity index (χ4v) is 5.69. The zero-order chi connectivity index (χ0) is 32.2. The van der Waals surface area contributed by atoms with Crippen molar-refractivity contribution >= 4 is 27.0 Å². The van der Waals surface area contributed by atoms with Gasteiger partial charge in [0.2, 0.25) is 0 Å². The monoisotopic (exact) mass is 740 g/mol. The molecule has 6 aromatic rings. The van der Waals surface area contributed by atoms with Crippen molar-refractivity contribution in [2.45, 2.75) is 79.8 Å². The summed E-state index contributed by atoms with van der Waals surface area (Å²) in [6.45, 7) is 22.4. The number of fused-ring (bicyclic) bond motifs is 2. The van der Waals surface area contributed by atoms with E-state index in [4.69, 9.17) is 0 Å². The molecule has 0 unspecified atom stereocenters. The first-order chi connectivity index (χ1) is 20.7. The molecule has 0 bridgehead atoms. The van der Waals surface area contributed by atoms with E-state index < -0.39 is 0 Å². The van der Waals surface area contributed by atoms with Gasteiger partial charge >= 0.3 is 41.9 Å². The molecular formula is C42H48Cl2SiZr-2. The molecule has 6 rings (SSSR count). The van der Waals surface area contributed by atoms with Crippen LogP contribution < -0.4 is 24.8 Å². The summed E-state index contributed by atoms with van der Waals surface area (Å²) in [6.07, 6.45) is 0. The quantitative estimate of drug-likeness (QED) is 0.142. The molecule has 0 aliphatic heterocycles. The van der Waals surface area contributed by atoms with Gasteiger partial charge in [0.05, 0.1) is 0 Å². The number of hydrogen-bond donors (Lipinski definition) is 0. The summed E-state index contributed by atoms with van der Waals surface area (Å²) in [5.74, 6) is 0.580. The predicted molar refractivity (Wildman–Crippen MR) is 194 cm³/mol. The largest absolute Gasteiger partial charge is 1.00 e. The minimum Gasteiger partial charge on any atom is -1.00 e. The molecule has 240 valence electrons. The molecule has 0 saturated carbocycles. The van der Waals surface area contributed by atoms with Gasteiger partial charge in [-0.2, -0.15) is 12.1 Å². The van der Waals surface area contributed by atoms with E-state index in [0.29, 0.717) is 5.92 Å². The van der Waals surface area contributed by atoms with E-state index in [-0.39, 0.29) is 35.7 Å². The van der Waals surface area contributed by atoms with Crippen LogP contribution in [-0.4, -0.2) is 5.43 Å². The maximum Gasteiger partial charge on any atom is -0.0132 e. The smallest absolute Gasteiger partial charge is 0.0132 e. The van der Waals surface area contributed by atoms with Gasteiger partial charge in [0, 0.05) is 0 Å². The van der Waals surface area contributed by atoms with Crippen LogP contribution in [0.2, 0.25) is 13.1 Å².